The summed E-state index contributed by atoms with van der Waals surface area (Å²) in [4.78, 5) is 0. The van der Waals surface area contributed by atoms with Crippen LogP contribution >= 0.6 is 15.9 Å². The first kappa shape index (κ1) is 9.35. The molecule has 0 saturated heterocycles. The third kappa shape index (κ3) is 1.40. The maximum Gasteiger partial charge on any atom is 0.172 e. The Morgan fingerprint density at radius 1 is 1.42 bits per heavy atom. The lowest BCUT2D eigenvalue weighted by Gasteiger charge is -2.08. The molecule has 0 fully saturated rings. The molecule has 0 spiro atoms. The van der Waals surface area contributed by atoms with Gasteiger partial charge in [-0.1, -0.05) is 0 Å². The summed E-state index contributed by atoms with van der Waals surface area (Å²) in [5.41, 5.74) is 1.32. The molecule has 0 radical (unpaired) electrons. The second-order valence-corrected chi connectivity index (χ2v) is 3.30. The first-order chi connectivity index (χ1) is 5.57. The van der Waals surface area contributed by atoms with E-state index < -0.39 is 0 Å². The number of aliphatic hydroxyl groups excluding tert-OH is 1. The van der Waals surface area contributed by atoms with Crippen LogP contribution in [-0.4, -0.2) is 15.3 Å². The van der Waals surface area contributed by atoms with E-state index in [0.29, 0.717) is 10.0 Å². The van der Waals surface area contributed by atoms with Gasteiger partial charge in [-0.2, -0.15) is 0 Å². The van der Waals surface area contributed by atoms with Crippen molar-refractivity contribution in [3.05, 3.63) is 21.7 Å². The Bertz CT molecular complexity index is 310. The molecule has 0 bridgehead atoms. The number of phenols is 2. The van der Waals surface area contributed by atoms with Crippen molar-refractivity contribution in [1.29, 1.82) is 0 Å². The van der Waals surface area contributed by atoms with Crippen LogP contribution in [0.3, 0.4) is 0 Å². The smallest absolute Gasteiger partial charge is 0.172 e. The lowest BCUT2D eigenvalue weighted by Crippen LogP contribution is -1.90. The molecule has 0 aliphatic rings. The molecule has 0 aliphatic carbocycles. The molecule has 66 valence electrons. The fraction of sp³-hybridized carbons (Fsp3) is 0.250. The first-order valence-electron chi connectivity index (χ1n) is 3.38. The van der Waals surface area contributed by atoms with Crippen molar-refractivity contribution in [2.24, 2.45) is 0 Å². The Kier molecular flexibility index (Phi) is 2.59. The maximum atomic E-state index is 9.23. The highest BCUT2D eigenvalue weighted by Gasteiger charge is 2.11. The molecule has 0 heterocycles. The van der Waals surface area contributed by atoms with Gasteiger partial charge in [0.05, 0.1) is 11.1 Å². The molecular formula is C8H9BrO3. The van der Waals surface area contributed by atoms with Gasteiger partial charge in [0.25, 0.3) is 0 Å². The van der Waals surface area contributed by atoms with Crippen molar-refractivity contribution >= 4 is 15.9 Å². The zero-order valence-corrected chi connectivity index (χ0v) is 8.09. The van der Waals surface area contributed by atoms with Crippen molar-refractivity contribution < 1.29 is 15.3 Å². The highest BCUT2D eigenvalue weighted by atomic mass is 79.9. The Labute approximate surface area is 78.4 Å². The molecular weight excluding hydrogens is 224 g/mol. The first-order valence-corrected chi connectivity index (χ1v) is 4.18. The van der Waals surface area contributed by atoms with Gasteiger partial charge in [0.2, 0.25) is 0 Å². The summed E-state index contributed by atoms with van der Waals surface area (Å²) < 4.78 is 0.350. The minimum Gasteiger partial charge on any atom is -0.504 e. The van der Waals surface area contributed by atoms with Crippen LogP contribution in [0, 0.1) is 6.92 Å². The van der Waals surface area contributed by atoms with Crippen LogP contribution in [0.2, 0.25) is 0 Å². The Balaban J connectivity index is 3.40. The van der Waals surface area contributed by atoms with Crippen LogP contribution in [0.5, 0.6) is 11.5 Å². The maximum absolute atomic E-state index is 9.23. The van der Waals surface area contributed by atoms with E-state index in [2.05, 4.69) is 15.9 Å². The van der Waals surface area contributed by atoms with Crippen LogP contribution < -0.4 is 0 Å². The summed E-state index contributed by atoms with van der Waals surface area (Å²) in [5, 5.41) is 27.3. The molecule has 1 aromatic carbocycles. The number of benzene rings is 1. The predicted molar refractivity (Wildman–Crippen MR) is 48.1 cm³/mol. The molecule has 3 N–H and O–H groups in total. The van der Waals surface area contributed by atoms with Crippen molar-refractivity contribution in [3.8, 4) is 11.5 Å². The largest absolute Gasteiger partial charge is 0.504 e. The summed E-state index contributed by atoms with van der Waals surface area (Å²) in [6.07, 6.45) is 0. The zero-order chi connectivity index (χ0) is 9.30. The second kappa shape index (κ2) is 3.33. The molecule has 4 heteroatoms. The van der Waals surface area contributed by atoms with Gasteiger partial charge in [0, 0.05) is 0 Å². The van der Waals surface area contributed by atoms with Gasteiger partial charge in [0.15, 0.2) is 11.5 Å². The van der Waals surface area contributed by atoms with E-state index in [4.69, 9.17) is 10.2 Å². The predicted octanol–water partition coefficient (Wildman–Crippen LogP) is 1.66. The number of aromatic hydroxyl groups is 2. The van der Waals surface area contributed by atoms with Crippen molar-refractivity contribution in [1.82, 2.24) is 0 Å². The molecule has 1 aromatic rings. The summed E-state index contributed by atoms with van der Waals surface area (Å²) in [6, 6.07) is 1.41. The number of hydrogen-bond donors (Lipinski definition) is 3. The fourth-order valence-corrected chi connectivity index (χ4v) is 1.62. The van der Waals surface area contributed by atoms with Crippen molar-refractivity contribution in [3.63, 3.8) is 0 Å². The standard InChI is InChI=1S/C8H9BrO3/c1-4-2-6(11)8(12)7(9)5(4)3-10/h2,10-12H,3H2,1H3. The number of rotatable bonds is 1. The number of phenolic OH excluding ortho intramolecular Hbond substituents is 2. The van der Waals surface area contributed by atoms with Crippen molar-refractivity contribution in [2.45, 2.75) is 13.5 Å². The van der Waals surface area contributed by atoms with Crippen LogP contribution in [0.4, 0.5) is 0 Å². The number of aryl methyl sites for hydroxylation is 1. The SMILES string of the molecule is Cc1cc(O)c(O)c(Br)c1CO. The minimum atomic E-state index is -0.232. The van der Waals surface area contributed by atoms with E-state index in [1.807, 2.05) is 0 Å². The zero-order valence-electron chi connectivity index (χ0n) is 6.50. The number of aliphatic hydroxyl groups is 1. The summed E-state index contributed by atoms with van der Waals surface area (Å²) in [5.74, 6) is -0.416. The minimum absolute atomic E-state index is 0.166. The third-order valence-electron chi connectivity index (χ3n) is 1.70. The van der Waals surface area contributed by atoms with E-state index in [-0.39, 0.29) is 18.1 Å². The molecule has 0 aromatic heterocycles. The van der Waals surface area contributed by atoms with Crippen LogP contribution in [0.25, 0.3) is 0 Å². The molecule has 0 unspecified atom stereocenters. The Morgan fingerprint density at radius 2 is 2.00 bits per heavy atom. The van der Waals surface area contributed by atoms with Gasteiger partial charge < -0.3 is 15.3 Å². The van der Waals surface area contributed by atoms with E-state index in [0.717, 1.165) is 5.56 Å². The van der Waals surface area contributed by atoms with Gasteiger partial charge in [-0.25, -0.2) is 0 Å². The molecule has 0 saturated carbocycles. The Hall–Kier alpha value is -0.740. The van der Waals surface area contributed by atoms with Gasteiger partial charge in [-0.3, -0.25) is 0 Å². The van der Waals surface area contributed by atoms with E-state index >= 15 is 0 Å². The lowest BCUT2D eigenvalue weighted by atomic mass is 10.1. The van der Waals surface area contributed by atoms with Crippen LogP contribution in [-0.2, 0) is 6.61 Å². The monoisotopic (exact) mass is 232 g/mol. The van der Waals surface area contributed by atoms with Gasteiger partial charge in [-0.05, 0) is 40.0 Å². The van der Waals surface area contributed by atoms with E-state index in [9.17, 15) is 5.11 Å². The average Bonchev–Trinajstić information content (AvgIpc) is 2.01. The normalized spacial score (nSPS) is 10.2. The summed E-state index contributed by atoms with van der Waals surface area (Å²) in [7, 11) is 0. The molecule has 12 heavy (non-hydrogen) atoms. The second-order valence-electron chi connectivity index (χ2n) is 2.51. The molecule has 1 rings (SSSR count). The number of hydrogen-bond acceptors (Lipinski definition) is 3. The highest BCUT2D eigenvalue weighted by molar-refractivity contribution is 9.10. The molecule has 3 nitrogen and oxygen atoms in total. The molecule has 0 aliphatic heterocycles. The summed E-state index contributed by atoms with van der Waals surface area (Å²) >= 11 is 3.07. The average molecular weight is 233 g/mol. The highest BCUT2D eigenvalue weighted by Crippen LogP contribution is 2.37. The number of halogens is 1. The lowest BCUT2D eigenvalue weighted by molar-refractivity contribution is 0.279. The van der Waals surface area contributed by atoms with Crippen LogP contribution in [0.15, 0.2) is 10.5 Å². The molecule has 0 atom stereocenters. The quantitative estimate of drug-likeness (QED) is 0.646. The third-order valence-corrected chi connectivity index (χ3v) is 2.56. The van der Waals surface area contributed by atoms with Gasteiger partial charge >= 0.3 is 0 Å². The summed E-state index contributed by atoms with van der Waals surface area (Å²) in [6.45, 7) is 1.58. The van der Waals surface area contributed by atoms with Crippen molar-refractivity contribution in [2.75, 3.05) is 0 Å². The van der Waals surface area contributed by atoms with E-state index in [1.54, 1.807) is 6.92 Å². The van der Waals surface area contributed by atoms with Gasteiger partial charge in [0.1, 0.15) is 0 Å². The van der Waals surface area contributed by atoms with Gasteiger partial charge in [-0.15, -0.1) is 0 Å². The van der Waals surface area contributed by atoms with E-state index in [1.165, 1.54) is 6.07 Å². The van der Waals surface area contributed by atoms with Crippen LogP contribution in [0.1, 0.15) is 11.1 Å². The molecule has 0 amide bonds. The fourth-order valence-electron chi connectivity index (χ4n) is 0.983. The topological polar surface area (TPSA) is 60.7 Å². The Morgan fingerprint density at radius 3 is 2.50 bits per heavy atom.